The van der Waals surface area contributed by atoms with E-state index in [1.165, 1.54) is 35.0 Å². The fraction of sp³-hybridized carbons (Fsp3) is 0.482. The second kappa shape index (κ2) is 20.1. The van der Waals surface area contributed by atoms with Gasteiger partial charge in [0, 0.05) is 81.5 Å². The smallest absolute Gasteiger partial charge is 0.409 e. The highest BCUT2D eigenvalue weighted by Gasteiger charge is 2.50. The molecule has 3 amide bonds. The number of piperazine rings is 1. The number of rotatable bonds is 13. The Morgan fingerprint density at radius 2 is 1.80 bits per heavy atom. The first-order chi connectivity index (χ1) is 36.9. The maximum atomic E-state index is 17.2. The topological polar surface area (TPSA) is 199 Å². The molecule has 0 spiro atoms. The number of hydrogen-bond donors (Lipinski definition) is 3. The zero-order valence-electron chi connectivity index (χ0n) is 42.4. The van der Waals surface area contributed by atoms with Crippen LogP contribution in [-0.2, 0) is 32.5 Å². The lowest BCUT2D eigenvalue weighted by Crippen LogP contribution is -2.51. The van der Waals surface area contributed by atoms with Gasteiger partial charge in [0.25, 0.3) is 0 Å². The summed E-state index contributed by atoms with van der Waals surface area (Å²) in [6.07, 6.45) is 15.6. The third-order valence-corrected chi connectivity index (χ3v) is 16.9. The minimum Gasteiger partial charge on any atom is -0.508 e. The predicted octanol–water partition coefficient (Wildman–Crippen LogP) is 6.01. The summed E-state index contributed by atoms with van der Waals surface area (Å²) in [7, 11) is 1.70. The van der Waals surface area contributed by atoms with E-state index in [0.717, 1.165) is 56.1 Å². The van der Waals surface area contributed by atoms with Crippen molar-refractivity contribution in [3.8, 4) is 35.4 Å². The third-order valence-electron chi connectivity index (χ3n) is 16.9. The first-order valence-corrected chi connectivity index (χ1v) is 26.6. The van der Waals surface area contributed by atoms with Gasteiger partial charge >= 0.3 is 17.8 Å². The van der Waals surface area contributed by atoms with Gasteiger partial charge in [-0.15, -0.1) is 6.42 Å². The maximum Gasteiger partial charge on any atom is 0.409 e. The molecule has 6 saturated heterocycles. The number of phenolic OH excluding ortho intramolecular Hbond substituents is 1. The molecular formula is C56H60F2N10O8. The number of para-hydroxylation sites is 1. The number of hydrogen-bond acceptors (Lipinski definition) is 14. The Bertz CT molecular complexity index is 3410. The number of imidazole rings is 1. The zero-order valence-corrected chi connectivity index (χ0v) is 42.4. The first kappa shape index (κ1) is 49.7. The number of nitrogens with one attached hydrogen (secondary N) is 2. The molecular weight excluding hydrogens is 979 g/mol. The number of amides is 3. The first-order valence-electron chi connectivity index (χ1n) is 26.6. The van der Waals surface area contributed by atoms with Crippen LogP contribution in [0.15, 0.2) is 53.5 Å². The van der Waals surface area contributed by atoms with E-state index in [2.05, 4.69) is 31.3 Å². The summed E-state index contributed by atoms with van der Waals surface area (Å²) in [6, 6.07) is 11.0. The van der Waals surface area contributed by atoms with Gasteiger partial charge in [0.1, 0.15) is 47.9 Å². The molecule has 3 aromatic heterocycles. The van der Waals surface area contributed by atoms with Crippen molar-refractivity contribution in [2.45, 2.75) is 113 Å². The number of anilines is 1. The number of benzene rings is 3. The third kappa shape index (κ3) is 8.94. The van der Waals surface area contributed by atoms with Gasteiger partial charge in [0.05, 0.1) is 33.6 Å². The van der Waals surface area contributed by atoms with Gasteiger partial charge in [-0.3, -0.25) is 33.9 Å². The average molecular weight is 1040 g/mol. The molecule has 0 radical (unpaired) electrons. The number of aromatic nitrogens is 5. The van der Waals surface area contributed by atoms with Crippen LogP contribution in [0.5, 0.6) is 11.8 Å². The van der Waals surface area contributed by atoms with Gasteiger partial charge in [-0.1, -0.05) is 24.1 Å². The Morgan fingerprint density at radius 3 is 2.59 bits per heavy atom. The largest absolute Gasteiger partial charge is 0.508 e. The van der Waals surface area contributed by atoms with Crippen LogP contribution in [-0.4, -0.2) is 139 Å². The number of phenols is 1. The molecule has 18 nitrogen and oxygen atoms in total. The van der Waals surface area contributed by atoms with E-state index in [1.54, 1.807) is 16.5 Å². The zero-order chi connectivity index (χ0) is 52.4. The highest BCUT2D eigenvalue weighted by atomic mass is 19.1. The van der Waals surface area contributed by atoms with E-state index in [4.69, 9.17) is 30.6 Å². The van der Waals surface area contributed by atoms with E-state index >= 15 is 8.78 Å². The van der Waals surface area contributed by atoms with E-state index in [-0.39, 0.29) is 113 Å². The fourth-order valence-electron chi connectivity index (χ4n) is 13.2. The van der Waals surface area contributed by atoms with E-state index < -0.39 is 23.6 Å². The molecule has 3 unspecified atom stereocenters. The van der Waals surface area contributed by atoms with Crippen molar-refractivity contribution in [3.63, 3.8) is 0 Å². The number of imide groups is 1. The molecule has 396 valence electrons. The number of likely N-dealkylation sites (tertiary alicyclic amines) is 1. The standard InChI is InChI=1S/C56H60F2N10O8/c1-3-39-42(57)13-10-33-25-37(69)26-40(46(33)39)48-47(58)49-41(27-59-48)51(66-28-34-11-12-35(29-66)60-34)63-53(62-49)76-31-56-19-6-21-67(56)36(16-20-56)30-75-55(73)65-22-17-38(18-23-65)74-24-5-8-32-7-4-9-43-50(32)64(2)54(72)68(43)44-14-15-45(70)61-52(44)71/h1,4,7,9-10,13,25-27,34-36,38,44,60,69H,5-6,8,11-12,14-24,28-31H2,2H3,(H,61,70,71)/t34?,35?,36-,44?,56-/m0/s1. The molecule has 3 aromatic carbocycles. The normalized spacial score (nSPS) is 23.9. The van der Waals surface area contributed by atoms with Gasteiger partial charge in [0.2, 0.25) is 11.8 Å². The maximum absolute atomic E-state index is 17.2. The summed E-state index contributed by atoms with van der Waals surface area (Å²) in [5, 5.41) is 17.8. The van der Waals surface area contributed by atoms with Gasteiger partial charge in [0.15, 0.2) is 5.82 Å². The van der Waals surface area contributed by atoms with E-state index in [1.807, 2.05) is 18.2 Å². The number of terminal acetylenes is 1. The summed E-state index contributed by atoms with van der Waals surface area (Å²) < 4.78 is 54.3. The molecule has 9 heterocycles. The lowest BCUT2D eigenvalue weighted by molar-refractivity contribution is -0.135. The Balaban J connectivity index is 0.676. The number of pyridine rings is 1. The van der Waals surface area contributed by atoms with Crippen molar-refractivity contribution in [1.29, 1.82) is 0 Å². The Kier molecular flexibility index (Phi) is 13.1. The summed E-state index contributed by atoms with van der Waals surface area (Å²) in [4.78, 5) is 71.8. The van der Waals surface area contributed by atoms with Gasteiger partial charge < -0.3 is 34.4 Å². The van der Waals surface area contributed by atoms with Crippen molar-refractivity contribution >= 4 is 56.4 Å². The van der Waals surface area contributed by atoms with E-state index in [9.17, 15) is 24.3 Å². The highest BCUT2D eigenvalue weighted by molar-refractivity contribution is 6.03. The SMILES string of the molecule is C#Cc1c(F)ccc2cc(O)cc(-c3ncc4c(N5CC6CCC(C5)N6)nc(OC[C@@]56CCCN5[C@H](COC(=O)N5CCC(OCCCc7cccc8c7n(C)c(=O)n8C7CCC(=O)NC7=O)CC5)CC6)nc4c3F)c12. The molecule has 20 heteroatoms. The summed E-state index contributed by atoms with van der Waals surface area (Å²) >= 11 is 0. The second-order valence-corrected chi connectivity index (χ2v) is 21.4. The van der Waals surface area contributed by atoms with Gasteiger partial charge in [-0.05, 0) is 112 Å². The molecule has 6 aromatic rings. The molecule has 12 rings (SSSR count). The number of fused-ring (bicyclic) bond motifs is 6. The fourth-order valence-corrected chi connectivity index (χ4v) is 13.2. The number of halogens is 2. The van der Waals surface area contributed by atoms with Crippen LogP contribution in [0.3, 0.4) is 0 Å². The molecule has 3 N–H and O–H groups in total. The summed E-state index contributed by atoms with van der Waals surface area (Å²) in [5.41, 5.74) is 1.66. The summed E-state index contributed by atoms with van der Waals surface area (Å²) in [5.74, 6) is 0.541. The number of nitrogens with zero attached hydrogens (tertiary/aromatic N) is 8. The molecule has 0 aliphatic carbocycles. The second-order valence-electron chi connectivity index (χ2n) is 21.4. The highest BCUT2D eigenvalue weighted by Crippen LogP contribution is 2.44. The molecule has 6 aliphatic rings. The number of aryl methyl sites for hydroxylation is 2. The molecule has 6 aliphatic heterocycles. The number of carbonyl (C=O) groups excluding carboxylic acids is 3. The van der Waals surface area contributed by atoms with Crippen molar-refractivity contribution in [3.05, 3.63) is 81.9 Å². The predicted molar refractivity (Wildman–Crippen MR) is 278 cm³/mol. The monoisotopic (exact) mass is 1040 g/mol. The van der Waals surface area contributed by atoms with E-state index in [0.29, 0.717) is 80.6 Å². The van der Waals surface area contributed by atoms with Gasteiger partial charge in [-0.25, -0.2) is 18.4 Å². The molecule has 2 bridgehead atoms. The lowest BCUT2D eigenvalue weighted by atomic mass is 9.95. The van der Waals surface area contributed by atoms with Crippen molar-refractivity contribution in [1.82, 2.24) is 44.5 Å². The number of ether oxygens (including phenoxy) is 3. The average Bonchev–Trinajstić information content (AvgIpc) is 4.20. The van der Waals surface area contributed by atoms with Crippen LogP contribution in [0.4, 0.5) is 19.4 Å². The van der Waals surface area contributed by atoms with Crippen LogP contribution in [0.2, 0.25) is 0 Å². The van der Waals surface area contributed by atoms with Crippen molar-refractivity contribution in [2.75, 3.05) is 57.4 Å². The Labute approximate surface area is 436 Å². The minimum absolute atomic E-state index is 0.00517. The molecule has 6 fully saturated rings. The quantitative estimate of drug-likeness (QED) is 0.0691. The van der Waals surface area contributed by atoms with Crippen LogP contribution in [0.1, 0.15) is 87.8 Å². The minimum atomic E-state index is -0.775. The number of aromatic hydroxyl groups is 1. The van der Waals surface area contributed by atoms with Crippen LogP contribution < -0.4 is 26.0 Å². The Morgan fingerprint density at radius 1 is 0.987 bits per heavy atom. The molecule has 5 atom stereocenters. The van der Waals surface area contributed by atoms with Crippen molar-refractivity contribution < 1.29 is 42.5 Å². The van der Waals surface area contributed by atoms with Crippen LogP contribution >= 0.6 is 0 Å². The van der Waals surface area contributed by atoms with Gasteiger partial charge in [-0.2, -0.15) is 9.97 Å². The Hall–Kier alpha value is -7.21. The molecule has 0 saturated carbocycles. The summed E-state index contributed by atoms with van der Waals surface area (Å²) in [6.45, 7) is 4.16. The lowest BCUT2D eigenvalue weighted by Gasteiger charge is -2.36. The van der Waals surface area contributed by atoms with Crippen LogP contribution in [0.25, 0.3) is 44.0 Å². The number of piperidine rings is 2. The van der Waals surface area contributed by atoms with Crippen molar-refractivity contribution in [2.24, 2.45) is 7.05 Å². The van der Waals surface area contributed by atoms with Crippen LogP contribution in [0, 0.1) is 24.0 Å². The number of carbonyl (C=O) groups is 3. The molecule has 76 heavy (non-hydrogen) atoms.